The van der Waals surface area contributed by atoms with E-state index in [1.54, 1.807) is 18.2 Å². The normalized spacial score (nSPS) is 16.5. The van der Waals surface area contributed by atoms with Crippen LogP contribution in [-0.4, -0.2) is 43.5 Å². The molecule has 1 aliphatic rings. The number of hydrogen-bond acceptors (Lipinski definition) is 4. The summed E-state index contributed by atoms with van der Waals surface area (Å²) in [5.74, 6) is -0.531. The van der Waals surface area contributed by atoms with Crippen molar-refractivity contribution in [2.45, 2.75) is 37.5 Å². The predicted molar refractivity (Wildman–Crippen MR) is 103 cm³/mol. The average molecular weight is 391 g/mol. The van der Waals surface area contributed by atoms with Crippen LogP contribution in [0.2, 0.25) is 0 Å². The van der Waals surface area contributed by atoms with E-state index in [0.717, 1.165) is 29.4 Å². The molecule has 0 aromatic heterocycles. The van der Waals surface area contributed by atoms with Crippen LogP contribution in [0.5, 0.6) is 5.75 Å². The van der Waals surface area contributed by atoms with Crippen molar-refractivity contribution in [3.63, 3.8) is 0 Å². The Labute approximate surface area is 159 Å². The van der Waals surface area contributed by atoms with E-state index in [-0.39, 0.29) is 18.0 Å². The summed E-state index contributed by atoms with van der Waals surface area (Å²) >= 11 is 0. The minimum absolute atomic E-state index is 0.238. The first kappa shape index (κ1) is 19.6. The Hall–Kier alpha value is -2.12. The van der Waals surface area contributed by atoms with Crippen LogP contribution in [0, 0.1) is 5.92 Å². The molecular weight excluding hydrogens is 366 g/mol. The van der Waals surface area contributed by atoms with Crippen molar-refractivity contribution in [3.05, 3.63) is 36.4 Å². The van der Waals surface area contributed by atoms with Gasteiger partial charge >= 0.3 is 5.97 Å². The predicted octanol–water partition coefficient (Wildman–Crippen LogP) is 3.50. The minimum Gasteiger partial charge on any atom is -0.494 e. The maximum absolute atomic E-state index is 12.9. The minimum atomic E-state index is -3.62. The molecule has 0 aliphatic carbocycles. The lowest BCUT2D eigenvalue weighted by Crippen LogP contribution is -2.40. The summed E-state index contributed by atoms with van der Waals surface area (Å²) in [4.78, 5) is 11.3. The second kappa shape index (κ2) is 8.27. The van der Waals surface area contributed by atoms with Gasteiger partial charge in [0.15, 0.2) is 0 Å². The van der Waals surface area contributed by atoms with Crippen molar-refractivity contribution in [3.8, 4) is 5.75 Å². The molecule has 1 aliphatic heterocycles. The molecule has 0 bridgehead atoms. The van der Waals surface area contributed by atoms with Gasteiger partial charge in [-0.2, -0.15) is 4.31 Å². The fourth-order valence-corrected chi connectivity index (χ4v) is 4.78. The van der Waals surface area contributed by atoms with E-state index in [9.17, 15) is 13.2 Å². The van der Waals surface area contributed by atoms with Gasteiger partial charge in [0.25, 0.3) is 0 Å². The summed E-state index contributed by atoms with van der Waals surface area (Å²) in [6.07, 6.45) is 2.76. The molecule has 146 valence electrons. The Morgan fingerprint density at radius 2 is 1.81 bits per heavy atom. The van der Waals surface area contributed by atoms with Gasteiger partial charge in [-0.15, -0.1) is 0 Å². The topological polar surface area (TPSA) is 83.9 Å². The van der Waals surface area contributed by atoms with E-state index in [1.165, 1.54) is 4.31 Å². The number of sulfonamides is 1. The van der Waals surface area contributed by atoms with Gasteiger partial charge in [-0.3, -0.25) is 4.79 Å². The molecule has 2 aromatic carbocycles. The summed E-state index contributed by atoms with van der Waals surface area (Å²) in [5, 5.41) is 10.8. The van der Waals surface area contributed by atoms with Crippen molar-refractivity contribution in [1.82, 2.24) is 4.31 Å². The number of carbonyl (C=O) groups is 1. The number of carboxylic acids is 1. The Morgan fingerprint density at radius 1 is 1.15 bits per heavy atom. The highest BCUT2D eigenvalue weighted by Gasteiger charge is 2.32. The van der Waals surface area contributed by atoms with Crippen molar-refractivity contribution in [2.75, 3.05) is 19.7 Å². The average Bonchev–Trinajstić information content (AvgIpc) is 2.67. The smallest absolute Gasteiger partial charge is 0.306 e. The molecule has 0 saturated carbocycles. The molecule has 2 aromatic rings. The maximum atomic E-state index is 12.9. The van der Waals surface area contributed by atoms with E-state index in [1.807, 2.05) is 18.2 Å². The number of fused-ring (bicyclic) bond motifs is 1. The molecule has 0 atom stereocenters. The molecule has 0 amide bonds. The third kappa shape index (κ3) is 4.42. The molecule has 6 nitrogen and oxygen atoms in total. The highest BCUT2D eigenvalue weighted by molar-refractivity contribution is 7.89. The number of piperidine rings is 1. The molecule has 0 spiro atoms. The van der Waals surface area contributed by atoms with Gasteiger partial charge in [0.2, 0.25) is 10.0 Å². The van der Waals surface area contributed by atoms with Crippen LogP contribution in [0.3, 0.4) is 0 Å². The van der Waals surface area contributed by atoms with E-state index in [4.69, 9.17) is 9.84 Å². The van der Waals surface area contributed by atoms with Crippen LogP contribution in [0.15, 0.2) is 41.3 Å². The Kier molecular flexibility index (Phi) is 6.01. The van der Waals surface area contributed by atoms with Crippen LogP contribution in [0.4, 0.5) is 0 Å². The SMILES string of the molecule is CCCCOc1ccc2cc(S(=O)(=O)N3CCC(C(=O)O)CC3)ccc2c1. The Bertz CT molecular complexity index is 917. The summed E-state index contributed by atoms with van der Waals surface area (Å²) in [5.41, 5.74) is 0. The lowest BCUT2D eigenvalue weighted by molar-refractivity contribution is -0.142. The summed E-state index contributed by atoms with van der Waals surface area (Å²) in [6, 6.07) is 10.7. The highest BCUT2D eigenvalue weighted by atomic mass is 32.2. The number of rotatable bonds is 7. The second-order valence-electron chi connectivity index (χ2n) is 6.89. The zero-order valence-corrected chi connectivity index (χ0v) is 16.2. The van der Waals surface area contributed by atoms with E-state index in [0.29, 0.717) is 19.4 Å². The second-order valence-corrected chi connectivity index (χ2v) is 8.83. The monoisotopic (exact) mass is 391 g/mol. The molecule has 0 unspecified atom stereocenters. The first-order chi connectivity index (χ1) is 12.9. The number of unbranched alkanes of at least 4 members (excludes halogenated alkanes) is 1. The van der Waals surface area contributed by atoms with Gasteiger partial charge in [-0.05, 0) is 54.3 Å². The summed E-state index contributed by atoms with van der Waals surface area (Å²) in [7, 11) is -3.62. The number of nitrogens with zero attached hydrogens (tertiary/aromatic N) is 1. The highest BCUT2D eigenvalue weighted by Crippen LogP contribution is 2.28. The standard InChI is InChI=1S/C20H25NO5S/c1-2-3-12-26-18-6-4-17-14-19(7-5-16(17)13-18)27(24,25)21-10-8-15(9-11-21)20(22)23/h4-7,13-15H,2-3,8-12H2,1H3,(H,22,23). The quantitative estimate of drug-likeness (QED) is 0.730. The van der Waals surface area contributed by atoms with Crippen molar-refractivity contribution < 1.29 is 23.1 Å². The number of carboxylic acid groups (broad SMARTS) is 1. The zero-order chi connectivity index (χ0) is 19.4. The number of aliphatic carboxylic acids is 1. The molecule has 0 radical (unpaired) electrons. The molecule has 3 rings (SSSR count). The fraction of sp³-hybridized carbons (Fsp3) is 0.450. The van der Waals surface area contributed by atoms with E-state index >= 15 is 0 Å². The molecule has 7 heteroatoms. The van der Waals surface area contributed by atoms with Gasteiger partial charge < -0.3 is 9.84 Å². The summed E-state index contributed by atoms with van der Waals surface area (Å²) < 4.78 is 32.9. The van der Waals surface area contributed by atoms with E-state index < -0.39 is 21.9 Å². The lowest BCUT2D eigenvalue weighted by atomic mass is 9.99. The molecule has 1 N–H and O–H groups in total. The third-order valence-electron chi connectivity index (χ3n) is 4.99. The Morgan fingerprint density at radius 3 is 2.48 bits per heavy atom. The van der Waals surface area contributed by atoms with Crippen LogP contribution in [0.25, 0.3) is 10.8 Å². The maximum Gasteiger partial charge on any atom is 0.306 e. The fourth-order valence-electron chi connectivity index (χ4n) is 3.28. The number of hydrogen-bond donors (Lipinski definition) is 1. The van der Waals surface area contributed by atoms with Crippen molar-refractivity contribution in [2.24, 2.45) is 5.92 Å². The van der Waals surface area contributed by atoms with E-state index in [2.05, 4.69) is 6.92 Å². The van der Waals surface area contributed by atoms with Gasteiger partial charge in [0.1, 0.15) is 5.75 Å². The third-order valence-corrected chi connectivity index (χ3v) is 6.89. The first-order valence-corrected chi connectivity index (χ1v) is 10.8. The van der Waals surface area contributed by atoms with Crippen LogP contribution < -0.4 is 4.74 Å². The molecule has 1 saturated heterocycles. The molecular formula is C20H25NO5S. The number of ether oxygens (including phenoxy) is 1. The van der Waals surface area contributed by atoms with Crippen LogP contribution in [0.1, 0.15) is 32.6 Å². The van der Waals surface area contributed by atoms with Crippen molar-refractivity contribution in [1.29, 1.82) is 0 Å². The first-order valence-electron chi connectivity index (χ1n) is 9.31. The van der Waals surface area contributed by atoms with Gasteiger partial charge in [0.05, 0.1) is 17.4 Å². The largest absolute Gasteiger partial charge is 0.494 e. The summed E-state index contributed by atoms with van der Waals surface area (Å²) in [6.45, 7) is 3.25. The zero-order valence-electron chi connectivity index (χ0n) is 15.4. The molecule has 1 heterocycles. The molecule has 1 fully saturated rings. The van der Waals surface area contributed by atoms with Gasteiger partial charge in [-0.1, -0.05) is 25.5 Å². The lowest BCUT2D eigenvalue weighted by Gasteiger charge is -2.29. The molecule has 27 heavy (non-hydrogen) atoms. The van der Waals surface area contributed by atoms with Crippen LogP contribution in [-0.2, 0) is 14.8 Å². The van der Waals surface area contributed by atoms with Gasteiger partial charge in [0, 0.05) is 13.1 Å². The van der Waals surface area contributed by atoms with Crippen LogP contribution >= 0.6 is 0 Å². The van der Waals surface area contributed by atoms with Gasteiger partial charge in [-0.25, -0.2) is 8.42 Å². The van der Waals surface area contributed by atoms with Crippen molar-refractivity contribution >= 4 is 26.8 Å². The number of benzene rings is 2. The Balaban J connectivity index is 1.78.